The second kappa shape index (κ2) is 14.9. The maximum Gasteiger partial charge on any atom is 0.335 e. The molecule has 6 rings (SSSR count). The average molecular weight is 740 g/mol. The van der Waals surface area contributed by atoms with E-state index in [4.69, 9.17) is 28.4 Å². The Hall–Kier alpha value is -4.83. The molecule has 4 aliphatic heterocycles. The molecule has 1 amide bonds. The summed E-state index contributed by atoms with van der Waals surface area (Å²) in [7, 11) is 1.41. The summed E-state index contributed by atoms with van der Waals surface area (Å²) in [6, 6.07) is 1.04. The molecule has 0 saturated carbocycles. The van der Waals surface area contributed by atoms with E-state index in [1.165, 1.54) is 40.0 Å². The van der Waals surface area contributed by atoms with Crippen molar-refractivity contribution in [3.8, 4) is 11.5 Å². The van der Waals surface area contributed by atoms with Gasteiger partial charge in [0.15, 0.2) is 0 Å². The van der Waals surface area contributed by atoms with Gasteiger partial charge in [-0.15, -0.1) is 0 Å². The normalized spacial score (nSPS) is 37.1. The summed E-state index contributed by atoms with van der Waals surface area (Å²) in [5, 5.41) is 36.3. The van der Waals surface area contributed by atoms with E-state index in [1.54, 1.807) is 39.8 Å². The van der Waals surface area contributed by atoms with Crippen LogP contribution in [-0.2, 0) is 43.9 Å². The highest BCUT2D eigenvalue weighted by atomic mass is 16.8. The van der Waals surface area contributed by atoms with Crippen LogP contribution >= 0.6 is 0 Å². The number of fused-ring (bicyclic) bond motifs is 13. The zero-order chi connectivity index (χ0) is 39.2. The lowest BCUT2D eigenvalue weighted by Crippen LogP contribution is -2.46. The molecular weight excluding hydrogens is 694 g/mol. The first-order valence-electron chi connectivity index (χ1n) is 17.2. The van der Waals surface area contributed by atoms with Crippen LogP contribution in [0.4, 0.5) is 0 Å². The van der Waals surface area contributed by atoms with E-state index in [0.29, 0.717) is 0 Å². The Labute approximate surface area is 306 Å². The lowest BCUT2D eigenvalue weighted by molar-refractivity contribution is -0.161. The van der Waals surface area contributed by atoms with Gasteiger partial charge in [-0.3, -0.25) is 19.2 Å². The molecule has 1 saturated heterocycles. The van der Waals surface area contributed by atoms with Gasteiger partial charge in [0.05, 0.1) is 47.0 Å². The number of methoxy groups -OCH3 is 1. The number of ether oxygens (including phenoxy) is 6. The van der Waals surface area contributed by atoms with E-state index >= 15 is 0 Å². The number of benzene rings is 1. The van der Waals surface area contributed by atoms with Crippen molar-refractivity contribution >= 4 is 29.4 Å². The molecule has 15 nitrogen and oxygen atoms in total. The third-order valence-electron chi connectivity index (χ3n) is 10.3. The van der Waals surface area contributed by atoms with Crippen LogP contribution < -0.4 is 10.1 Å². The maximum absolute atomic E-state index is 14.2. The highest BCUT2D eigenvalue weighted by Gasteiger charge is 2.57. The fourth-order valence-electron chi connectivity index (χ4n) is 7.16. The number of esters is 2. The van der Waals surface area contributed by atoms with Crippen molar-refractivity contribution in [2.75, 3.05) is 13.7 Å². The number of Topliss-reactive ketones (excluding diaryl/α,β-unsaturated/α-hetero) is 2. The minimum Gasteiger partial charge on any atom is -0.507 e. The van der Waals surface area contributed by atoms with Gasteiger partial charge in [0.25, 0.3) is 17.5 Å². The van der Waals surface area contributed by atoms with Crippen molar-refractivity contribution in [2.24, 2.45) is 23.7 Å². The third kappa shape index (κ3) is 7.26. The molecule has 5 bridgehead atoms. The van der Waals surface area contributed by atoms with E-state index in [2.05, 4.69) is 5.32 Å². The first kappa shape index (κ1) is 39.4. The monoisotopic (exact) mass is 739 g/mol. The van der Waals surface area contributed by atoms with Crippen LogP contribution in [0.3, 0.4) is 0 Å². The number of rotatable bonds is 2. The van der Waals surface area contributed by atoms with Crippen LogP contribution in [0.5, 0.6) is 11.5 Å². The van der Waals surface area contributed by atoms with Crippen molar-refractivity contribution in [3.63, 3.8) is 0 Å². The number of aliphatic hydroxyl groups is 2. The number of aliphatic hydroxyl groups excluding tert-OH is 2. The molecule has 1 fully saturated rings. The van der Waals surface area contributed by atoms with Crippen LogP contribution in [0.25, 0.3) is 0 Å². The molecule has 1 aromatic carbocycles. The maximum atomic E-state index is 14.2. The number of amides is 1. The number of hydrogen-bond donors (Lipinski definition) is 4. The standard InChI is InChI=1S/C38H45NO14/c1-17-10-9-11-18(2)36(47)39-23-15-38(50-16-27(42)53-38)30-28(33(23)45)24(41)14-26-29(30)35(46)37(7,52-26)49-13-12-25(48-8)19(3)34(51-22(6)40)21(5)32(44)20(4)31(17)43/h9-15,17,19-21,25,31-32,34,41,43-44H,16H2,1-8H3,(H,39,47)/b10-9+,13-12+,18-11-/t17-,19+,20+,21+,25-,31-,32+,34+,37-,38?/m0/s1. The van der Waals surface area contributed by atoms with E-state index < -0.39 is 107 Å². The van der Waals surface area contributed by atoms with Crippen molar-refractivity contribution in [3.05, 3.63) is 70.7 Å². The Morgan fingerprint density at radius 1 is 0.981 bits per heavy atom. The molecule has 1 spiro atoms. The first-order chi connectivity index (χ1) is 24.9. The highest BCUT2D eigenvalue weighted by Crippen LogP contribution is 2.51. The van der Waals surface area contributed by atoms with Crippen LogP contribution in [-0.4, -0.2) is 88.7 Å². The van der Waals surface area contributed by atoms with Crippen molar-refractivity contribution in [1.82, 2.24) is 5.32 Å². The van der Waals surface area contributed by atoms with E-state index in [0.717, 1.165) is 18.4 Å². The van der Waals surface area contributed by atoms with E-state index in [1.807, 2.05) is 0 Å². The Bertz CT molecular complexity index is 1830. The predicted octanol–water partition coefficient (Wildman–Crippen LogP) is 2.87. The number of carbonyl (C=O) groups is 5. The van der Waals surface area contributed by atoms with E-state index in [-0.39, 0.29) is 28.1 Å². The Morgan fingerprint density at radius 3 is 2.30 bits per heavy atom. The molecule has 15 heteroatoms. The number of allylic oxidation sites excluding steroid dienone is 3. The lowest BCUT2D eigenvalue weighted by Gasteiger charge is -2.38. The summed E-state index contributed by atoms with van der Waals surface area (Å²) < 4.78 is 34.5. The number of aromatic hydroxyl groups is 1. The topological polar surface area (TPSA) is 213 Å². The van der Waals surface area contributed by atoms with Crippen molar-refractivity contribution in [2.45, 2.75) is 84.5 Å². The third-order valence-corrected chi connectivity index (χ3v) is 10.3. The minimum atomic E-state index is -2.21. The largest absolute Gasteiger partial charge is 0.507 e. The zero-order valence-corrected chi connectivity index (χ0v) is 30.7. The van der Waals surface area contributed by atoms with Gasteiger partial charge < -0.3 is 49.1 Å². The SMILES string of the molecule is CO[C@H]1/C=C/O[C@@]2(C)Oc3cc(O)c4c(c3C2=O)C2(C=C(NC(=O)/C(C)=C\C=C\[C@H](C)[C@H](O)[C@@H](C)[C@@H](O)[C@@H](C)[C@H](OC(C)=O)[C@@H]1C)C4=O)OCC(=O)O2. The summed E-state index contributed by atoms with van der Waals surface area (Å²) in [5.41, 5.74) is -1.27. The molecule has 53 heavy (non-hydrogen) atoms. The number of nitrogens with one attached hydrogen (secondary N) is 1. The zero-order valence-electron chi connectivity index (χ0n) is 30.7. The molecule has 1 aromatic rings. The van der Waals surface area contributed by atoms with Gasteiger partial charge in [0, 0.05) is 62.3 Å². The highest BCUT2D eigenvalue weighted by molar-refractivity contribution is 6.19. The summed E-state index contributed by atoms with van der Waals surface area (Å²) in [6.07, 6.45) is 4.38. The van der Waals surface area contributed by atoms with Gasteiger partial charge in [-0.25, -0.2) is 4.79 Å². The molecule has 1 unspecified atom stereocenters. The smallest absolute Gasteiger partial charge is 0.335 e. The molecule has 0 radical (unpaired) electrons. The fraction of sp³-hybridized carbons (Fsp3) is 0.500. The predicted molar refractivity (Wildman–Crippen MR) is 184 cm³/mol. The summed E-state index contributed by atoms with van der Waals surface area (Å²) >= 11 is 0. The Balaban J connectivity index is 1.63. The summed E-state index contributed by atoms with van der Waals surface area (Å²) in [6.45, 7) is 10.3. The number of phenols is 1. The van der Waals surface area contributed by atoms with Gasteiger partial charge in [-0.05, 0) is 13.0 Å². The molecular formula is C38H45NO14. The number of carbonyl (C=O) groups excluding carboxylic acids is 5. The first-order valence-corrected chi connectivity index (χ1v) is 17.2. The average Bonchev–Trinajstić information content (AvgIpc) is 3.60. The molecule has 286 valence electrons. The summed E-state index contributed by atoms with van der Waals surface area (Å²) in [4.78, 5) is 66.1. The number of phenolic OH excluding ortho intramolecular Hbond substituents is 1. The lowest BCUT2D eigenvalue weighted by atomic mass is 9.78. The van der Waals surface area contributed by atoms with Gasteiger partial charge in [-0.2, -0.15) is 0 Å². The molecule has 10 atom stereocenters. The number of ketones is 2. The van der Waals surface area contributed by atoms with Crippen molar-refractivity contribution < 1.29 is 67.7 Å². The molecule has 0 aromatic heterocycles. The summed E-state index contributed by atoms with van der Waals surface area (Å²) in [5.74, 6) is -11.5. The molecule has 5 aliphatic rings. The fourth-order valence-corrected chi connectivity index (χ4v) is 7.16. The van der Waals surface area contributed by atoms with Gasteiger partial charge >= 0.3 is 17.7 Å². The second-order valence-electron chi connectivity index (χ2n) is 14.0. The quantitative estimate of drug-likeness (QED) is 0.321. The van der Waals surface area contributed by atoms with Crippen LogP contribution in [0.2, 0.25) is 0 Å². The van der Waals surface area contributed by atoms with Gasteiger partial charge in [0.1, 0.15) is 24.2 Å². The minimum absolute atomic E-state index is 0.130. The van der Waals surface area contributed by atoms with Gasteiger partial charge in [-0.1, -0.05) is 45.9 Å². The van der Waals surface area contributed by atoms with Crippen molar-refractivity contribution in [1.29, 1.82) is 0 Å². The second-order valence-corrected chi connectivity index (χ2v) is 14.0. The molecule has 4 heterocycles. The van der Waals surface area contributed by atoms with Crippen LogP contribution in [0.1, 0.15) is 74.7 Å². The Morgan fingerprint density at radius 2 is 1.68 bits per heavy atom. The molecule has 1 aliphatic carbocycles. The van der Waals surface area contributed by atoms with Crippen LogP contribution in [0.15, 0.2) is 54.0 Å². The van der Waals surface area contributed by atoms with E-state index in [9.17, 15) is 39.3 Å². The van der Waals surface area contributed by atoms with Crippen LogP contribution in [0, 0.1) is 23.7 Å². The number of hydrogen-bond acceptors (Lipinski definition) is 14. The molecule has 4 N–H and O–H groups in total. The Kier molecular flexibility index (Phi) is 11.1. The van der Waals surface area contributed by atoms with Gasteiger partial charge in [0.2, 0.25) is 5.78 Å².